The molecule has 0 saturated carbocycles. The molecular formula is C18H13ClN4O5S2. The molecule has 0 aliphatic heterocycles. The molecule has 3 rings (SSSR count). The number of amides is 2. The third-order valence-electron chi connectivity index (χ3n) is 3.90. The molecule has 0 spiro atoms. The summed E-state index contributed by atoms with van der Waals surface area (Å²) in [6.45, 7) is 0. The number of rotatable bonds is 4. The summed E-state index contributed by atoms with van der Waals surface area (Å²) >= 11 is 12.5. The largest absolute Gasteiger partial charge is 0.497 e. The number of non-ortho nitro benzene ring substituents is 1. The van der Waals surface area contributed by atoms with Crippen molar-refractivity contribution in [1.82, 2.24) is 16.2 Å². The van der Waals surface area contributed by atoms with E-state index in [9.17, 15) is 19.7 Å². The van der Waals surface area contributed by atoms with Gasteiger partial charge in [0.1, 0.15) is 10.6 Å². The van der Waals surface area contributed by atoms with E-state index in [-0.39, 0.29) is 26.3 Å². The predicted molar refractivity (Wildman–Crippen MR) is 117 cm³/mol. The molecule has 3 N–H and O–H groups in total. The number of benzene rings is 2. The van der Waals surface area contributed by atoms with Crippen LogP contribution in [-0.2, 0) is 0 Å². The molecule has 3 aromatic rings. The van der Waals surface area contributed by atoms with Crippen molar-refractivity contribution in [3.63, 3.8) is 0 Å². The van der Waals surface area contributed by atoms with Gasteiger partial charge in [-0.3, -0.25) is 35.9 Å². The molecule has 0 aliphatic rings. The zero-order valence-electron chi connectivity index (χ0n) is 15.2. The minimum atomic E-state index is -0.589. The number of carbonyl (C=O) groups excluding carboxylic acids is 2. The van der Waals surface area contributed by atoms with Gasteiger partial charge in [-0.05, 0) is 42.5 Å². The lowest BCUT2D eigenvalue weighted by Crippen LogP contribution is -2.48. The molecule has 0 atom stereocenters. The number of hydrogen-bond donors (Lipinski definition) is 3. The standard InChI is InChI=1S/C18H13ClN4O5S2/c1-28-11-6-7-12-13(8-11)30-15(14(12)19)17(25)20-18(29)22-21-16(24)9-2-4-10(5-3-9)23(26)27/h2-8H,1H3,(H,21,24)(H2,20,22,25,29). The van der Waals surface area contributed by atoms with Gasteiger partial charge in [0, 0.05) is 27.8 Å². The number of thiophene rings is 1. The van der Waals surface area contributed by atoms with E-state index in [0.29, 0.717) is 11.1 Å². The van der Waals surface area contributed by atoms with E-state index in [1.807, 2.05) is 0 Å². The van der Waals surface area contributed by atoms with Crippen LogP contribution in [-0.4, -0.2) is 29.0 Å². The Morgan fingerprint density at radius 1 is 1.13 bits per heavy atom. The average Bonchev–Trinajstić information content (AvgIpc) is 3.07. The maximum atomic E-state index is 12.5. The quantitative estimate of drug-likeness (QED) is 0.307. The molecule has 0 radical (unpaired) electrons. The van der Waals surface area contributed by atoms with E-state index in [1.165, 1.54) is 35.6 Å². The maximum Gasteiger partial charge on any atom is 0.269 e. The first-order valence-corrected chi connectivity index (χ1v) is 9.82. The molecule has 0 fully saturated rings. The van der Waals surface area contributed by atoms with Crippen molar-refractivity contribution >= 4 is 67.9 Å². The van der Waals surface area contributed by atoms with Gasteiger partial charge < -0.3 is 4.74 Å². The molecule has 2 amide bonds. The van der Waals surface area contributed by atoms with Gasteiger partial charge in [0.05, 0.1) is 17.1 Å². The van der Waals surface area contributed by atoms with Gasteiger partial charge in [0.15, 0.2) is 5.11 Å². The van der Waals surface area contributed by atoms with Gasteiger partial charge in [-0.1, -0.05) is 11.6 Å². The SMILES string of the molecule is COc1ccc2c(Cl)c(C(=O)NC(=S)NNC(=O)c3ccc([N+](=O)[O-])cc3)sc2c1. The number of ether oxygens (including phenoxy) is 1. The average molecular weight is 465 g/mol. The molecule has 0 aliphatic carbocycles. The fraction of sp³-hybridized carbons (Fsp3) is 0.0556. The first-order chi connectivity index (χ1) is 14.3. The minimum Gasteiger partial charge on any atom is -0.497 e. The summed E-state index contributed by atoms with van der Waals surface area (Å²) in [5.74, 6) is -0.491. The Hall–Kier alpha value is -3.28. The number of fused-ring (bicyclic) bond motifs is 1. The number of nitrogens with zero attached hydrogens (tertiary/aromatic N) is 1. The summed E-state index contributed by atoms with van der Waals surface area (Å²) in [5.41, 5.74) is 4.73. The maximum absolute atomic E-state index is 12.5. The molecule has 9 nitrogen and oxygen atoms in total. The van der Waals surface area contributed by atoms with Crippen molar-refractivity contribution in [3.05, 3.63) is 68.0 Å². The zero-order valence-corrected chi connectivity index (χ0v) is 17.6. The molecule has 1 heterocycles. The smallest absolute Gasteiger partial charge is 0.269 e. The number of carbonyl (C=O) groups is 2. The van der Waals surface area contributed by atoms with Crippen LogP contribution >= 0.6 is 35.2 Å². The number of halogens is 1. The highest BCUT2D eigenvalue weighted by Crippen LogP contribution is 2.37. The predicted octanol–water partition coefficient (Wildman–Crippen LogP) is 3.42. The molecule has 0 saturated heterocycles. The molecule has 30 heavy (non-hydrogen) atoms. The van der Waals surface area contributed by atoms with Crippen LogP contribution in [0.2, 0.25) is 5.02 Å². The second-order valence-electron chi connectivity index (χ2n) is 5.77. The van der Waals surface area contributed by atoms with Gasteiger partial charge in [0.2, 0.25) is 0 Å². The Balaban J connectivity index is 1.61. The van der Waals surface area contributed by atoms with Gasteiger partial charge in [0.25, 0.3) is 17.5 Å². The zero-order chi connectivity index (χ0) is 21.8. The summed E-state index contributed by atoms with van der Waals surface area (Å²) in [4.78, 5) is 34.9. The number of nitro groups is 1. The fourth-order valence-corrected chi connectivity index (χ4v) is 4.01. The molecule has 0 bridgehead atoms. The molecular weight excluding hydrogens is 452 g/mol. The number of hydrazine groups is 1. The van der Waals surface area contributed by atoms with Gasteiger partial charge in [-0.15, -0.1) is 11.3 Å². The van der Waals surface area contributed by atoms with Gasteiger partial charge >= 0.3 is 0 Å². The highest BCUT2D eigenvalue weighted by molar-refractivity contribution is 7.80. The molecule has 12 heteroatoms. The highest BCUT2D eigenvalue weighted by atomic mass is 35.5. The number of thiocarbonyl (C=S) groups is 1. The van der Waals surface area contributed by atoms with Gasteiger partial charge in [-0.25, -0.2) is 0 Å². The molecule has 0 unspecified atom stereocenters. The Bertz CT molecular complexity index is 1160. The van der Waals surface area contributed by atoms with Gasteiger partial charge in [-0.2, -0.15) is 0 Å². The van der Waals surface area contributed by atoms with Crippen molar-refractivity contribution in [2.24, 2.45) is 0 Å². The Kier molecular flexibility index (Phi) is 6.45. The van der Waals surface area contributed by atoms with E-state index in [4.69, 9.17) is 28.6 Å². The Labute approximate surface area is 184 Å². The first kappa shape index (κ1) is 21.4. The third kappa shape index (κ3) is 4.64. The van der Waals surface area contributed by atoms with Crippen LogP contribution in [0.4, 0.5) is 5.69 Å². The number of nitro benzene ring substituents is 1. The third-order valence-corrected chi connectivity index (χ3v) is 5.76. The second kappa shape index (κ2) is 9.03. The summed E-state index contributed by atoms with van der Waals surface area (Å²) in [7, 11) is 1.54. The van der Waals surface area contributed by atoms with Crippen molar-refractivity contribution in [1.29, 1.82) is 0 Å². The van der Waals surface area contributed by atoms with Crippen LogP contribution in [0.15, 0.2) is 42.5 Å². The van der Waals surface area contributed by atoms with Crippen LogP contribution in [0.5, 0.6) is 5.75 Å². The van der Waals surface area contributed by atoms with Crippen molar-refractivity contribution in [3.8, 4) is 5.75 Å². The van der Waals surface area contributed by atoms with E-state index < -0.39 is 16.7 Å². The monoisotopic (exact) mass is 464 g/mol. The Morgan fingerprint density at radius 3 is 2.47 bits per heavy atom. The minimum absolute atomic E-state index is 0.139. The lowest BCUT2D eigenvalue weighted by Gasteiger charge is -2.10. The van der Waals surface area contributed by atoms with Crippen molar-refractivity contribution in [2.45, 2.75) is 0 Å². The second-order valence-corrected chi connectivity index (χ2v) is 7.61. The van der Waals surface area contributed by atoms with Crippen LogP contribution < -0.4 is 20.9 Å². The van der Waals surface area contributed by atoms with Crippen molar-refractivity contribution < 1.29 is 19.2 Å². The summed E-state index contributed by atoms with van der Waals surface area (Å²) < 4.78 is 5.94. The van der Waals surface area contributed by atoms with Crippen LogP contribution in [0.3, 0.4) is 0 Å². The lowest BCUT2D eigenvalue weighted by molar-refractivity contribution is -0.384. The molecule has 2 aromatic carbocycles. The van der Waals surface area contributed by atoms with E-state index in [2.05, 4.69) is 16.2 Å². The number of hydrogen-bond acceptors (Lipinski definition) is 7. The lowest BCUT2D eigenvalue weighted by atomic mass is 10.2. The normalized spacial score (nSPS) is 10.3. The summed E-state index contributed by atoms with van der Waals surface area (Å²) in [6.07, 6.45) is 0. The van der Waals surface area contributed by atoms with E-state index >= 15 is 0 Å². The topological polar surface area (TPSA) is 123 Å². The first-order valence-electron chi connectivity index (χ1n) is 8.22. The van der Waals surface area contributed by atoms with Crippen LogP contribution in [0, 0.1) is 10.1 Å². The molecule has 1 aromatic heterocycles. The van der Waals surface area contributed by atoms with Crippen LogP contribution in [0.1, 0.15) is 20.0 Å². The summed E-state index contributed by atoms with van der Waals surface area (Å²) in [6, 6.07) is 10.3. The van der Waals surface area contributed by atoms with E-state index in [0.717, 1.165) is 4.70 Å². The fourth-order valence-electron chi connectivity index (χ4n) is 2.43. The van der Waals surface area contributed by atoms with Crippen molar-refractivity contribution in [2.75, 3.05) is 7.11 Å². The van der Waals surface area contributed by atoms with Crippen LogP contribution in [0.25, 0.3) is 10.1 Å². The molecule has 154 valence electrons. The summed E-state index contributed by atoms with van der Waals surface area (Å²) in [5, 5.41) is 13.9. The highest BCUT2D eigenvalue weighted by Gasteiger charge is 2.19. The van der Waals surface area contributed by atoms with E-state index in [1.54, 1.807) is 25.3 Å². The number of nitrogens with one attached hydrogen (secondary N) is 3. The Morgan fingerprint density at radius 2 is 1.83 bits per heavy atom. The number of methoxy groups -OCH3 is 1.